The molecule has 5 nitrogen and oxygen atoms in total. The first-order chi connectivity index (χ1) is 10.4. The third kappa shape index (κ3) is 3.51. The van der Waals surface area contributed by atoms with Crippen molar-refractivity contribution < 1.29 is 8.42 Å². The van der Waals surface area contributed by atoms with E-state index in [1.807, 2.05) is 31.2 Å². The van der Waals surface area contributed by atoms with Crippen LogP contribution in [0, 0.1) is 0 Å². The summed E-state index contributed by atoms with van der Waals surface area (Å²) in [7, 11) is -2.88. The summed E-state index contributed by atoms with van der Waals surface area (Å²) in [4.78, 5) is 9.85. The third-order valence-electron chi connectivity index (χ3n) is 3.93. The van der Waals surface area contributed by atoms with Gasteiger partial charge in [0, 0.05) is 41.6 Å². The Balaban J connectivity index is 1.71. The number of nitrogens with one attached hydrogen (secondary N) is 1. The number of imidazole rings is 1. The van der Waals surface area contributed by atoms with Crippen molar-refractivity contribution in [3.8, 4) is 11.4 Å². The van der Waals surface area contributed by atoms with Crippen LogP contribution in [-0.2, 0) is 16.4 Å². The molecule has 22 heavy (non-hydrogen) atoms. The smallest absolute Gasteiger partial charge is 0.153 e. The van der Waals surface area contributed by atoms with Crippen molar-refractivity contribution in [2.45, 2.75) is 19.5 Å². The van der Waals surface area contributed by atoms with E-state index >= 15 is 0 Å². The zero-order valence-electron chi connectivity index (χ0n) is 12.3. The first-order valence-corrected chi connectivity index (χ1v) is 9.37. The van der Waals surface area contributed by atoms with Gasteiger partial charge in [-0.15, -0.1) is 0 Å². The Kier molecular flexibility index (Phi) is 4.25. The van der Waals surface area contributed by atoms with Gasteiger partial charge < -0.3 is 4.98 Å². The van der Waals surface area contributed by atoms with E-state index in [-0.39, 0.29) is 17.5 Å². The quantitative estimate of drug-likeness (QED) is 0.932. The second-order valence-electron chi connectivity index (χ2n) is 5.70. The molecule has 0 radical (unpaired) electrons. The molecule has 0 amide bonds. The van der Waals surface area contributed by atoms with Gasteiger partial charge in [0.2, 0.25) is 0 Å². The van der Waals surface area contributed by atoms with Gasteiger partial charge in [-0.2, -0.15) is 0 Å². The van der Waals surface area contributed by atoms with Gasteiger partial charge in [0.25, 0.3) is 0 Å². The molecule has 1 saturated heterocycles. The average molecular weight is 340 g/mol. The summed E-state index contributed by atoms with van der Waals surface area (Å²) in [5, 5.41) is 0.693. The number of H-pyrrole nitrogens is 1. The summed E-state index contributed by atoms with van der Waals surface area (Å²) < 4.78 is 23.2. The number of nitrogens with zero attached hydrogens (tertiary/aromatic N) is 2. The number of hydrogen-bond acceptors (Lipinski definition) is 4. The second-order valence-corrected chi connectivity index (χ2v) is 8.36. The van der Waals surface area contributed by atoms with E-state index in [1.54, 1.807) is 6.20 Å². The predicted molar refractivity (Wildman–Crippen MR) is 87.6 cm³/mol. The van der Waals surface area contributed by atoms with Gasteiger partial charge in [-0.3, -0.25) is 4.90 Å². The van der Waals surface area contributed by atoms with Crippen molar-refractivity contribution in [3.63, 3.8) is 0 Å². The predicted octanol–water partition coefficient (Wildman–Crippen LogP) is 2.35. The number of sulfone groups is 1. The van der Waals surface area contributed by atoms with Crippen LogP contribution < -0.4 is 0 Å². The van der Waals surface area contributed by atoms with E-state index in [0.29, 0.717) is 18.1 Å². The highest BCUT2D eigenvalue weighted by Gasteiger charge is 2.28. The lowest BCUT2D eigenvalue weighted by atomic mass is 10.2. The molecular formula is C15H18ClN3O2S. The fourth-order valence-corrected chi connectivity index (χ4v) is 4.43. The Bertz CT molecular complexity index is 755. The van der Waals surface area contributed by atoms with Crippen LogP contribution in [0.5, 0.6) is 0 Å². The van der Waals surface area contributed by atoms with Crippen LogP contribution >= 0.6 is 11.6 Å². The summed E-state index contributed by atoms with van der Waals surface area (Å²) in [5.74, 6) is 1.25. The highest BCUT2D eigenvalue weighted by molar-refractivity contribution is 7.91. The molecule has 0 aliphatic carbocycles. The van der Waals surface area contributed by atoms with Gasteiger partial charge in [0.05, 0.1) is 11.5 Å². The largest absolute Gasteiger partial charge is 0.341 e. The maximum atomic E-state index is 11.6. The standard InChI is InChI=1S/C15H18ClN3O2S/c1-11-10-22(20,21)7-6-19(11)9-14-8-17-15(18-14)12-2-4-13(16)5-3-12/h2-5,8,11H,6-7,9-10H2,1H3,(H,17,18). The van der Waals surface area contributed by atoms with Crippen molar-refractivity contribution in [2.75, 3.05) is 18.1 Å². The van der Waals surface area contributed by atoms with Crippen molar-refractivity contribution in [1.29, 1.82) is 0 Å². The molecule has 0 bridgehead atoms. The number of hydrogen-bond donors (Lipinski definition) is 1. The highest BCUT2D eigenvalue weighted by atomic mass is 35.5. The molecule has 1 unspecified atom stereocenters. The van der Waals surface area contributed by atoms with Crippen LogP contribution in [0.3, 0.4) is 0 Å². The number of halogens is 1. The molecule has 118 valence electrons. The van der Waals surface area contributed by atoms with Gasteiger partial charge in [0.1, 0.15) is 5.82 Å². The summed E-state index contributed by atoms with van der Waals surface area (Å²) in [6.45, 7) is 3.20. The Hall–Kier alpha value is -1.37. The normalized spacial score (nSPS) is 21.8. The SMILES string of the molecule is CC1CS(=O)(=O)CCN1Cc1cnc(-c2ccc(Cl)cc2)[nH]1. The molecule has 7 heteroatoms. The summed E-state index contributed by atoms with van der Waals surface area (Å²) in [5.41, 5.74) is 1.96. The Morgan fingerprint density at radius 2 is 2.09 bits per heavy atom. The van der Waals surface area contributed by atoms with Crippen molar-refractivity contribution in [2.24, 2.45) is 0 Å². The molecule has 1 fully saturated rings. The summed E-state index contributed by atoms with van der Waals surface area (Å²) in [6.07, 6.45) is 1.81. The number of benzene rings is 1. The van der Waals surface area contributed by atoms with Crippen LogP contribution in [-0.4, -0.2) is 47.4 Å². The monoisotopic (exact) mass is 339 g/mol. The van der Waals surface area contributed by atoms with Crippen LogP contribution in [0.1, 0.15) is 12.6 Å². The Morgan fingerprint density at radius 1 is 1.36 bits per heavy atom. The molecule has 3 rings (SSSR count). The fraction of sp³-hybridized carbons (Fsp3) is 0.400. The molecule has 1 atom stereocenters. The van der Waals surface area contributed by atoms with Crippen molar-refractivity contribution in [1.82, 2.24) is 14.9 Å². The zero-order valence-corrected chi connectivity index (χ0v) is 13.9. The molecule has 1 aromatic carbocycles. The third-order valence-corrected chi connectivity index (χ3v) is 5.97. The molecule has 1 aliphatic heterocycles. The number of rotatable bonds is 3. The van der Waals surface area contributed by atoms with Gasteiger partial charge in [0.15, 0.2) is 9.84 Å². The Labute approximate surface area is 135 Å². The molecule has 0 saturated carbocycles. The Morgan fingerprint density at radius 3 is 2.77 bits per heavy atom. The summed E-state index contributed by atoms with van der Waals surface area (Å²) in [6, 6.07) is 7.52. The first-order valence-electron chi connectivity index (χ1n) is 7.17. The van der Waals surface area contributed by atoms with Gasteiger partial charge in [-0.1, -0.05) is 11.6 Å². The van der Waals surface area contributed by atoms with Crippen LogP contribution in [0.25, 0.3) is 11.4 Å². The number of aromatic nitrogens is 2. The lowest BCUT2D eigenvalue weighted by Crippen LogP contribution is -2.46. The molecule has 2 aromatic rings. The molecule has 1 N–H and O–H groups in total. The lowest BCUT2D eigenvalue weighted by Gasteiger charge is -2.32. The first kappa shape index (κ1) is 15.5. The van der Waals surface area contributed by atoms with Gasteiger partial charge >= 0.3 is 0 Å². The van der Waals surface area contributed by atoms with Gasteiger partial charge in [-0.25, -0.2) is 13.4 Å². The zero-order chi connectivity index (χ0) is 15.7. The van der Waals surface area contributed by atoms with Crippen LogP contribution in [0.15, 0.2) is 30.5 Å². The molecular weight excluding hydrogens is 322 g/mol. The maximum absolute atomic E-state index is 11.6. The lowest BCUT2D eigenvalue weighted by molar-refractivity contribution is 0.216. The highest BCUT2D eigenvalue weighted by Crippen LogP contribution is 2.20. The number of aromatic amines is 1. The van der Waals surface area contributed by atoms with E-state index in [0.717, 1.165) is 17.1 Å². The molecule has 1 aromatic heterocycles. The minimum atomic E-state index is -2.88. The summed E-state index contributed by atoms with van der Waals surface area (Å²) >= 11 is 5.89. The minimum absolute atomic E-state index is 0.0287. The van der Waals surface area contributed by atoms with E-state index < -0.39 is 9.84 Å². The molecule has 2 heterocycles. The van der Waals surface area contributed by atoms with Crippen LogP contribution in [0.2, 0.25) is 5.02 Å². The van der Waals surface area contributed by atoms with E-state index in [9.17, 15) is 8.42 Å². The second kappa shape index (κ2) is 6.02. The van der Waals surface area contributed by atoms with Crippen LogP contribution in [0.4, 0.5) is 0 Å². The van der Waals surface area contributed by atoms with E-state index in [4.69, 9.17) is 11.6 Å². The van der Waals surface area contributed by atoms with Crippen molar-refractivity contribution in [3.05, 3.63) is 41.2 Å². The fourth-order valence-electron chi connectivity index (χ4n) is 2.68. The molecule has 1 aliphatic rings. The minimum Gasteiger partial charge on any atom is -0.341 e. The maximum Gasteiger partial charge on any atom is 0.153 e. The van der Waals surface area contributed by atoms with E-state index in [1.165, 1.54) is 0 Å². The van der Waals surface area contributed by atoms with Crippen molar-refractivity contribution >= 4 is 21.4 Å². The molecule has 0 spiro atoms. The average Bonchev–Trinajstić information content (AvgIpc) is 2.91. The van der Waals surface area contributed by atoms with Gasteiger partial charge in [-0.05, 0) is 31.2 Å². The topological polar surface area (TPSA) is 66.1 Å². The van der Waals surface area contributed by atoms with E-state index in [2.05, 4.69) is 14.9 Å².